The van der Waals surface area contributed by atoms with Crippen LogP contribution < -0.4 is 10.6 Å². The molecule has 2 saturated heterocycles. The third-order valence-corrected chi connectivity index (χ3v) is 5.22. The largest absolute Gasteiger partial charge is 0.481 e. The fourth-order valence-electron chi connectivity index (χ4n) is 3.77. The highest BCUT2D eigenvalue weighted by molar-refractivity contribution is 5.88. The Morgan fingerprint density at radius 1 is 1.24 bits per heavy atom. The Balaban J connectivity index is 1.49. The first kappa shape index (κ1) is 17.3. The third-order valence-electron chi connectivity index (χ3n) is 5.22. The minimum absolute atomic E-state index is 0.0264. The molecule has 0 radical (unpaired) electrons. The quantitative estimate of drug-likeness (QED) is 0.758. The number of piperidine rings is 1. The number of amides is 3. The van der Waals surface area contributed by atoms with E-state index in [0.29, 0.717) is 32.5 Å². The summed E-state index contributed by atoms with van der Waals surface area (Å²) in [6.45, 7) is 1.45. The van der Waals surface area contributed by atoms with Gasteiger partial charge in [-0.1, -0.05) is 30.3 Å². The Kier molecular flexibility index (Phi) is 4.92. The fraction of sp³-hybridized carbons (Fsp3) is 0.500. The molecule has 0 saturated carbocycles. The summed E-state index contributed by atoms with van der Waals surface area (Å²) < 4.78 is 0. The van der Waals surface area contributed by atoms with Crippen LogP contribution in [0.3, 0.4) is 0 Å². The van der Waals surface area contributed by atoms with Crippen LogP contribution in [0.5, 0.6) is 0 Å². The lowest BCUT2D eigenvalue weighted by molar-refractivity contribution is -0.144. The van der Waals surface area contributed by atoms with E-state index < -0.39 is 17.4 Å². The van der Waals surface area contributed by atoms with Crippen LogP contribution in [-0.4, -0.2) is 53.1 Å². The highest BCUT2D eigenvalue weighted by Gasteiger charge is 2.51. The van der Waals surface area contributed by atoms with Gasteiger partial charge in [0.25, 0.3) is 0 Å². The maximum absolute atomic E-state index is 12.3. The number of rotatable bonds is 4. The average molecular weight is 345 g/mol. The van der Waals surface area contributed by atoms with Crippen molar-refractivity contribution in [2.75, 3.05) is 19.6 Å². The van der Waals surface area contributed by atoms with E-state index in [1.165, 1.54) is 5.56 Å². The lowest BCUT2D eigenvalue weighted by Crippen LogP contribution is -2.57. The minimum atomic E-state index is -0.945. The summed E-state index contributed by atoms with van der Waals surface area (Å²) in [6.07, 6.45) is 1.74. The lowest BCUT2D eigenvalue weighted by Gasteiger charge is -2.41. The molecule has 3 rings (SSSR count). The van der Waals surface area contributed by atoms with Gasteiger partial charge in [-0.3, -0.25) is 9.59 Å². The molecular weight excluding hydrogens is 322 g/mol. The van der Waals surface area contributed by atoms with Gasteiger partial charge in [0.2, 0.25) is 5.91 Å². The normalized spacial score (nSPS) is 21.8. The SMILES string of the molecule is O=C1C[C@@H](C(=O)O)C2(CCN(C(=O)NCCc3ccccc3)CC2)N1. The van der Waals surface area contributed by atoms with Crippen molar-refractivity contribution in [2.24, 2.45) is 5.92 Å². The zero-order valence-corrected chi connectivity index (χ0v) is 14.0. The highest BCUT2D eigenvalue weighted by Crippen LogP contribution is 2.36. The van der Waals surface area contributed by atoms with E-state index in [1.54, 1.807) is 4.90 Å². The maximum atomic E-state index is 12.3. The molecule has 0 bridgehead atoms. The van der Waals surface area contributed by atoms with Crippen LogP contribution in [0.25, 0.3) is 0 Å². The maximum Gasteiger partial charge on any atom is 0.317 e. The molecule has 2 fully saturated rings. The first-order valence-corrected chi connectivity index (χ1v) is 8.61. The van der Waals surface area contributed by atoms with E-state index in [4.69, 9.17) is 0 Å². The minimum Gasteiger partial charge on any atom is -0.481 e. The number of carboxylic acid groups (broad SMARTS) is 1. The van der Waals surface area contributed by atoms with Crippen molar-refractivity contribution in [3.63, 3.8) is 0 Å². The third kappa shape index (κ3) is 3.75. The van der Waals surface area contributed by atoms with Crippen LogP contribution in [-0.2, 0) is 16.0 Å². The van der Waals surface area contributed by atoms with Crippen LogP contribution in [0.1, 0.15) is 24.8 Å². The van der Waals surface area contributed by atoms with E-state index in [1.807, 2.05) is 30.3 Å². The molecule has 0 aliphatic carbocycles. The molecule has 2 heterocycles. The van der Waals surface area contributed by atoms with Crippen LogP contribution in [0, 0.1) is 5.92 Å². The topological polar surface area (TPSA) is 98.7 Å². The van der Waals surface area contributed by atoms with Crippen molar-refractivity contribution in [3.8, 4) is 0 Å². The van der Waals surface area contributed by atoms with Crippen molar-refractivity contribution in [2.45, 2.75) is 31.2 Å². The van der Waals surface area contributed by atoms with Gasteiger partial charge in [-0.25, -0.2) is 4.79 Å². The summed E-state index contributed by atoms with van der Waals surface area (Å²) in [4.78, 5) is 37.1. The Hall–Kier alpha value is -2.57. The molecule has 2 aliphatic heterocycles. The molecule has 3 N–H and O–H groups in total. The van der Waals surface area contributed by atoms with Crippen LogP contribution in [0.2, 0.25) is 0 Å². The van der Waals surface area contributed by atoms with Gasteiger partial charge in [-0.2, -0.15) is 0 Å². The second-order valence-electron chi connectivity index (χ2n) is 6.75. The Morgan fingerprint density at radius 3 is 2.56 bits per heavy atom. The number of hydrogen-bond donors (Lipinski definition) is 3. The Labute approximate surface area is 146 Å². The van der Waals surface area contributed by atoms with Crippen LogP contribution >= 0.6 is 0 Å². The number of aliphatic carboxylic acids is 1. The molecule has 1 spiro atoms. The molecule has 3 amide bonds. The summed E-state index contributed by atoms with van der Waals surface area (Å²) in [6, 6.07) is 9.79. The summed E-state index contributed by atoms with van der Waals surface area (Å²) in [5, 5.41) is 15.1. The van der Waals surface area contributed by atoms with Gasteiger partial charge in [0, 0.05) is 26.1 Å². The van der Waals surface area contributed by atoms with E-state index in [0.717, 1.165) is 6.42 Å². The van der Waals surface area contributed by atoms with Crippen LogP contribution in [0.4, 0.5) is 4.79 Å². The van der Waals surface area contributed by atoms with E-state index in [9.17, 15) is 19.5 Å². The van der Waals surface area contributed by atoms with Crippen molar-refractivity contribution in [1.29, 1.82) is 0 Å². The molecule has 7 nitrogen and oxygen atoms in total. The van der Waals surface area contributed by atoms with Gasteiger partial charge in [0.1, 0.15) is 0 Å². The fourth-order valence-corrected chi connectivity index (χ4v) is 3.77. The highest BCUT2D eigenvalue weighted by atomic mass is 16.4. The Bertz CT molecular complexity index is 654. The number of hydrogen-bond acceptors (Lipinski definition) is 3. The molecule has 0 aromatic heterocycles. The first-order chi connectivity index (χ1) is 12.0. The molecule has 7 heteroatoms. The van der Waals surface area contributed by atoms with E-state index >= 15 is 0 Å². The Morgan fingerprint density at radius 2 is 1.92 bits per heavy atom. The number of carboxylic acids is 1. The summed E-state index contributed by atoms with van der Waals surface area (Å²) in [5.41, 5.74) is 0.461. The zero-order valence-electron chi connectivity index (χ0n) is 14.0. The summed E-state index contributed by atoms with van der Waals surface area (Å²) in [5.74, 6) is -1.87. The average Bonchev–Trinajstić information content (AvgIpc) is 2.92. The van der Waals surface area contributed by atoms with E-state index in [-0.39, 0.29) is 18.4 Å². The van der Waals surface area contributed by atoms with Crippen molar-refractivity contribution in [1.82, 2.24) is 15.5 Å². The molecule has 0 unspecified atom stereocenters. The monoisotopic (exact) mass is 345 g/mol. The van der Waals surface area contributed by atoms with Gasteiger partial charge >= 0.3 is 12.0 Å². The molecule has 134 valence electrons. The van der Waals surface area contributed by atoms with Gasteiger partial charge < -0.3 is 20.6 Å². The predicted molar refractivity (Wildman–Crippen MR) is 91.0 cm³/mol. The lowest BCUT2D eigenvalue weighted by atomic mass is 9.78. The van der Waals surface area contributed by atoms with Crippen molar-refractivity contribution < 1.29 is 19.5 Å². The van der Waals surface area contributed by atoms with Gasteiger partial charge in [0.15, 0.2) is 0 Å². The van der Waals surface area contributed by atoms with Crippen molar-refractivity contribution >= 4 is 17.9 Å². The van der Waals surface area contributed by atoms with Crippen LogP contribution in [0.15, 0.2) is 30.3 Å². The van der Waals surface area contributed by atoms with Crippen molar-refractivity contribution in [3.05, 3.63) is 35.9 Å². The molecule has 1 aromatic carbocycles. The number of carbonyl (C=O) groups excluding carboxylic acids is 2. The molecular formula is C18H23N3O4. The number of likely N-dealkylation sites (tertiary alicyclic amines) is 1. The number of benzene rings is 1. The molecule has 1 aromatic rings. The summed E-state index contributed by atoms with van der Waals surface area (Å²) in [7, 11) is 0. The standard InChI is InChI=1S/C18H23N3O4/c22-15-12-14(16(23)24)18(20-15)7-10-21(11-8-18)17(25)19-9-6-13-4-2-1-3-5-13/h1-5,14H,6-12H2,(H,19,25)(H,20,22)(H,23,24)/t14-/m0/s1. The predicted octanol–water partition coefficient (Wildman–Crippen LogP) is 0.994. The smallest absolute Gasteiger partial charge is 0.317 e. The number of nitrogens with one attached hydrogen (secondary N) is 2. The second kappa shape index (κ2) is 7.13. The molecule has 1 atom stereocenters. The first-order valence-electron chi connectivity index (χ1n) is 8.61. The van der Waals surface area contributed by atoms with Gasteiger partial charge in [0.05, 0.1) is 11.5 Å². The van der Waals surface area contributed by atoms with Gasteiger partial charge in [-0.15, -0.1) is 0 Å². The zero-order chi connectivity index (χ0) is 17.9. The van der Waals surface area contributed by atoms with Gasteiger partial charge in [-0.05, 0) is 24.8 Å². The summed E-state index contributed by atoms with van der Waals surface area (Å²) >= 11 is 0. The molecule has 2 aliphatic rings. The number of nitrogens with zero attached hydrogens (tertiary/aromatic N) is 1. The number of urea groups is 1. The molecule has 25 heavy (non-hydrogen) atoms. The van der Waals surface area contributed by atoms with E-state index in [2.05, 4.69) is 10.6 Å². The number of carbonyl (C=O) groups is 3. The second-order valence-corrected chi connectivity index (χ2v) is 6.75.